The van der Waals surface area contributed by atoms with Crippen LogP contribution in [0.3, 0.4) is 0 Å². The van der Waals surface area contributed by atoms with Gasteiger partial charge in [0.25, 0.3) is 0 Å². The predicted molar refractivity (Wildman–Crippen MR) is 84.4 cm³/mol. The number of carbonyl (C=O) groups is 1. The molecule has 3 rings (SSSR count). The normalized spacial score (nSPS) is 19.4. The van der Waals surface area contributed by atoms with Crippen LogP contribution < -0.4 is 9.50 Å². The maximum absolute atomic E-state index is 12.2. The Morgan fingerprint density at radius 1 is 1.14 bits per heavy atom. The fraction of sp³-hybridized carbons (Fsp3) is 0.562. The number of hydrogen-bond donors (Lipinski definition) is 1. The first-order valence-corrected chi connectivity index (χ1v) is 9.44. The van der Waals surface area contributed by atoms with Crippen molar-refractivity contribution < 1.29 is 17.4 Å². The van der Waals surface area contributed by atoms with Gasteiger partial charge < -0.3 is 9.50 Å². The summed E-state index contributed by atoms with van der Waals surface area (Å²) in [7, 11) is -3.56. The lowest BCUT2D eigenvalue weighted by Crippen LogP contribution is -2.23. The molecule has 1 saturated carbocycles. The Morgan fingerprint density at radius 3 is 2.68 bits per heavy atom. The Morgan fingerprint density at radius 2 is 1.91 bits per heavy atom. The summed E-state index contributed by atoms with van der Waals surface area (Å²) in [6.07, 6.45) is 6.40. The molecule has 0 aromatic heterocycles. The van der Waals surface area contributed by atoms with E-state index in [1.165, 1.54) is 6.42 Å². The molecule has 5 nitrogen and oxygen atoms in total. The minimum Gasteiger partial charge on any atom is -0.382 e. The van der Waals surface area contributed by atoms with Crippen molar-refractivity contribution in [2.75, 3.05) is 11.1 Å². The van der Waals surface area contributed by atoms with Crippen molar-refractivity contribution in [2.24, 2.45) is 5.92 Å². The molecule has 0 unspecified atom stereocenters. The van der Waals surface area contributed by atoms with Crippen LogP contribution >= 0.6 is 0 Å². The number of carbonyl (C=O) groups excluding carboxylic acids is 1. The standard InChI is InChI=1S/C16H21NO4S/c18-16-9-6-13-10-14(7-8-15(13)17-16)21-22(19,20)11-12-4-2-1-3-5-12/h7-8,10,12H,1-6,9,11H2,(H,17,18). The van der Waals surface area contributed by atoms with Crippen LogP contribution in [0.4, 0.5) is 5.69 Å². The second kappa shape index (κ2) is 6.28. The quantitative estimate of drug-likeness (QED) is 0.865. The zero-order valence-corrected chi connectivity index (χ0v) is 13.3. The Balaban J connectivity index is 1.68. The van der Waals surface area contributed by atoms with Crippen LogP contribution in [0.15, 0.2) is 18.2 Å². The van der Waals surface area contributed by atoms with Crippen LogP contribution in [-0.4, -0.2) is 20.1 Å². The molecule has 1 aromatic carbocycles. The van der Waals surface area contributed by atoms with Gasteiger partial charge in [-0.3, -0.25) is 4.79 Å². The Hall–Kier alpha value is -1.56. The minimum atomic E-state index is -3.56. The monoisotopic (exact) mass is 323 g/mol. The molecule has 1 aliphatic heterocycles. The van der Waals surface area contributed by atoms with E-state index >= 15 is 0 Å². The van der Waals surface area contributed by atoms with Gasteiger partial charge in [0.2, 0.25) is 5.91 Å². The number of benzene rings is 1. The second-order valence-corrected chi connectivity index (χ2v) is 7.79. The molecule has 1 fully saturated rings. The van der Waals surface area contributed by atoms with Crippen LogP contribution in [0.1, 0.15) is 44.1 Å². The molecule has 1 N–H and O–H groups in total. The van der Waals surface area contributed by atoms with Crippen LogP contribution in [-0.2, 0) is 21.3 Å². The number of aryl methyl sites for hydroxylation is 1. The summed E-state index contributed by atoms with van der Waals surface area (Å²) in [5.74, 6) is 0.647. The Bertz CT molecular complexity index is 663. The van der Waals surface area contributed by atoms with E-state index in [1.807, 2.05) is 0 Å². The summed E-state index contributed by atoms with van der Waals surface area (Å²) in [6, 6.07) is 5.02. The summed E-state index contributed by atoms with van der Waals surface area (Å²) in [4.78, 5) is 11.3. The van der Waals surface area contributed by atoms with Gasteiger partial charge in [0, 0.05) is 12.1 Å². The molecule has 0 bridgehead atoms. The van der Waals surface area contributed by atoms with Crippen molar-refractivity contribution in [3.63, 3.8) is 0 Å². The molecule has 22 heavy (non-hydrogen) atoms. The molecule has 120 valence electrons. The van der Waals surface area contributed by atoms with Gasteiger partial charge in [-0.15, -0.1) is 0 Å². The SMILES string of the molecule is O=C1CCc2cc(OS(=O)(=O)CC3CCCCC3)ccc2N1. The Kier molecular flexibility index (Phi) is 4.38. The molecule has 6 heteroatoms. The van der Waals surface area contributed by atoms with Crippen molar-refractivity contribution in [2.45, 2.75) is 44.9 Å². The van der Waals surface area contributed by atoms with E-state index in [2.05, 4.69) is 5.32 Å². The summed E-state index contributed by atoms with van der Waals surface area (Å²) in [6.45, 7) is 0. The van der Waals surface area contributed by atoms with Crippen molar-refractivity contribution >= 4 is 21.7 Å². The van der Waals surface area contributed by atoms with Crippen molar-refractivity contribution in [3.8, 4) is 5.75 Å². The highest BCUT2D eigenvalue weighted by Gasteiger charge is 2.23. The minimum absolute atomic E-state index is 0.00825. The van der Waals surface area contributed by atoms with Crippen LogP contribution in [0.25, 0.3) is 0 Å². The molecule has 1 aromatic rings. The number of hydrogen-bond acceptors (Lipinski definition) is 4. The molecule has 2 aliphatic rings. The molecular weight excluding hydrogens is 302 g/mol. The van der Waals surface area contributed by atoms with Gasteiger partial charge in [0.05, 0.1) is 5.75 Å². The number of fused-ring (bicyclic) bond motifs is 1. The third kappa shape index (κ3) is 3.80. The van der Waals surface area contributed by atoms with Gasteiger partial charge in [-0.05, 0) is 48.9 Å². The Labute approximate surface area is 131 Å². The first-order valence-electron chi connectivity index (χ1n) is 7.87. The van der Waals surface area contributed by atoms with E-state index in [0.717, 1.165) is 36.9 Å². The maximum Gasteiger partial charge on any atom is 0.309 e. The molecule has 1 aliphatic carbocycles. The van der Waals surface area contributed by atoms with Crippen LogP contribution in [0.5, 0.6) is 5.75 Å². The largest absolute Gasteiger partial charge is 0.382 e. The maximum atomic E-state index is 12.2. The van der Waals surface area contributed by atoms with E-state index < -0.39 is 10.1 Å². The summed E-state index contributed by atoms with van der Waals surface area (Å²) >= 11 is 0. The molecule has 0 radical (unpaired) electrons. The topological polar surface area (TPSA) is 72.5 Å². The van der Waals surface area contributed by atoms with Gasteiger partial charge in [-0.1, -0.05) is 19.3 Å². The highest BCUT2D eigenvalue weighted by atomic mass is 32.2. The predicted octanol–water partition coefficient (Wildman–Crippen LogP) is 2.86. The summed E-state index contributed by atoms with van der Waals surface area (Å²) in [5.41, 5.74) is 1.67. The van der Waals surface area contributed by atoms with Gasteiger partial charge >= 0.3 is 10.1 Å². The zero-order chi connectivity index (χ0) is 15.6. The molecule has 0 saturated heterocycles. The highest BCUT2D eigenvalue weighted by Crippen LogP contribution is 2.29. The van der Waals surface area contributed by atoms with Crippen molar-refractivity contribution in [1.29, 1.82) is 0 Å². The van der Waals surface area contributed by atoms with Crippen molar-refractivity contribution in [3.05, 3.63) is 23.8 Å². The van der Waals surface area contributed by atoms with E-state index in [9.17, 15) is 13.2 Å². The molecule has 0 atom stereocenters. The summed E-state index contributed by atoms with van der Waals surface area (Å²) in [5, 5.41) is 2.77. The van der Waals surface area contributed by atoms with Crippen LogP contribution in [0.2, 0.25) is 0 Å². The lowest BCUT2D eigenvalue weighted by Gasteiger charge is -2.21. The van der Waals surface area contributed by atoms with E-state index in [1.54, 1.807) is 18.2 Å². The van der Waals surface area contributed by atoms with E-state index in [4.69, 9.17) is 4.18 Å². The fourth-order valence-corrected chi connectivity index (χ4v) is 4.61. The van der Waals surface area contributed by atoms with E-state index in [0.29, 0.717) is 18.6 Å². The number of rotatable bonds is 4. The molecule has 0 spiro atoms. The molecule has 1 heterocycles. The highest BCUT2D eigenvalue weighted by molar-refractivity contribution is 7.87. The molecular formula is C16H21NO4S. The first-order chi connectivity index (χ1) is 10.5. The van der Waals surface area contributed by atoms with Gasteiger partial charge in [0.15, 0.2) is 0 Å². The van der Waals surface area contributed by atoms with Gasteiger partial charge in [0.1, 0.15) is 5.75 Å². The van der Waals surface area contributed by atoms with Gasteiger partial charge in [-0.25, -0.2) is 0 Å². The number of nitrogens with one attached hydrogen (secondary N) is 1. The average Bonchev–Trinajstić information content (AvgIpc) is 2.47. The summed E-state index contributed by atoms with van der Waals surface area (Å²) < 4.78 is 29.6. The smallest absolute Gasteiger partial charge is 0.309 e. The first kappa shape index (κ1) is 15.3. The third-order valence-electron chi connectivity index (χ3n) is 4.36. The zero-order valence-electron chi connectivity index (χ0n) is 12.5. The lowest BCUT2D eigenvalue weighted by atomic mass is 9.91. The molecule has 1 amide bonds. The lowest BCUT2D eigenvalue weighted by molar-refractivity contribution is -0.116. The third-order valence-corrected chi connectivity index (χ3v) is 5.69. The number of amides is 1. The second-order valence-electron chi connectivity index (χ2n) is 6.18. The van der Waals surface area contributed by atoms with Crippen molar-refractivity contribution in [1.82, 2.24) is 0 Å². The number of anilines is 1. The van der Waals surface area contributed by atoms with Crippen LogP contribution in [0, 0.1) is 5.92 Å². The van der Waals surface area contributed by atoms with Gasteiger partial charge in [-0.2, -0.15) is 8.42 Å². The average molecular weight is 323 g/mol. The fourth-order valence-electron chi connectivity index (χ4n) is 3.23. The van der Waals surface area contributed by atoms with E-state index in [-0.39, 0.29) is 17.6 Å².